The summed E-state index contributed by atoms with van der Waals surface area (Å²) < 4.78 is 5.86. The summed E-state index contributed by atoms with van der Waals surface area (Å²) in [6.07, 6.45) is 0.618. The van der Waals surface area contributed by atoms with E-state index in [1.165, 1.54) is 0 Å². The fourth-order valence-electron chi connectivity index (χ4n) is 4.06. The molecule has 0 aromatic heterocycles. The Balaban J connectivity index is 1.62. The number of aliphatic hydroxyl groups excluding tert-OH is 1. The number of piperidine rings is 1. The standard InChI is InChI=1S/C16H30ClN6O3/c1-22-8-10(17)9-23-16(22)13(14(18)21-23)15(25)20-11-7-19-4-3-12(11)26-6-2-5-24/h10-14,16,19,24H,2-9,18H2,1H3,(H,20,25)/q-1. The SMILES string of the molecule is CN1CC(Cl)CN2[N-]C(N)C(C(=O)NC3CNCCC3OCCCO)C12. The van der Waals surface area contributed by atoms with Gasteiger partial charge in [0.1, 0.15) is 0 Å². The van der Waals surface area contributed by atoms with Gasteiger partial charge in [0, 0.05) is 26.3 Å². The van der Waals surface area contributed by atoms with Crippen molar-refractivity contribution in [1.29, 1.82) is 0 Å². The third kappa shape index (κ3) is 4.48. The molecule has 150 valence electrons. The number of nitrogens with two attached hydrogens (primary N) is 1. The molecule has 0 saturated carbocycles. The molecule has 0 spiro atoms. The van der Waals surface area contributed by atoms with Crippen LogP contribution in [0.15, 0.2) is 0 Å². The van der Waals surface area contributed by atoms with Crippen LogP contribution in [-0.4, -0.2) is 97.2 Å². The minimum absolute atomic E-state index is 0.0270. The van der Waals surface area contributed by atoms with Crippen molar-refractivity contribution < 1.29 is 14.6 Å². The van der Waals surface area contributed by atoms with Gasteiger partial charge in [0.15, 0.2) is 0 Å². The van der Waals surface area contributed by atoms with E-state index in [1.54, 1.807) is 0 Å². The molecular weight excluding hydrogens is 360 g/mol. The van der Waals surface area contributed by atoms with E-state index in [1.807, 2.05) is 12.1 Å². The minimum atomic E-state index is -0.574. The van der Waals surface area contributed by atoms with Crippen molar-refractivity contribution in [3.63, 3.8) is 0 Å². The number of carbonyl (C=O) groups is 1. The van der Waals surface area contributed by atoms with Gasteiger partial charge in [-0.25, -0.2) is 0 Å². The van der Waals surface area contributed by atoms with Crippen molar-refractivity contribution in [2.24, 2.45) is 11.7 Å². The second-order valence-electron chi connectivity index (χ2n) is 7.30. The Kier molecular flexibility index (Phi) is 7.09. The zero-order valence-corrected chi connectivity index (χ0v) is 15.9. The monoisotopic (exact) mass is 389 g/mol. The van der Waals surface area contributed by atoms with Crippen LogP contribution in [0.5, 0.6) is 0 Å². The highest BCUT2D eigenvalue weighted by Gasteiger charge is 2.43. The number of halogens is 1. The lowest BCUT2D eigenvalue weighted by molar-refractivity contribution is -0.131. The molecule has 0 aromatic rings. The number of hydrogen-bond acceptors (Lipinski definition) is 7. The van der Waals surface area contributed by atoms with Gasteiger partial charge < -0.3 is 36.6 Å². The molecule has 6 unspecified atom stereocenters. The Bertz CT molecular complexity index is 487. The molecular formula is C16H30ClN6O3-. The first-order valence-electron chi connectivity index (χ1n) is 9.32. The maximum Gasteiger partial charge on any atom is 0.226 e. The number of carbonyl (C=O) groups excluding carboxylic acids is 1. The second-order valence-corrected chi connectivity index (χ2v) is 7.92. The summed E-state index contributed by atoms with van der Waals surface area (Å²) >= 11 is 6.26. The molecule has 6 atom stereocenters. The van der Waals surface area contributed by atoms with Crippen LogP contribution in [0.4, 0.5) is 0 Å². The predicted octanol–water partition coefficient (Wildman–Crippen LogP) is -1.38. The van der Waals surface area contributed by atoms with Gasteiger partial charge in [-0.15, -0.1) is 11.6 Å². The van der Waals surface area contributed by atoms with Crippen LogP contribution < -0.4 is 16.4 Å². The highest BCUT2D eigenvalue weighted by molar-refractivity contribution is 6.21. The van der Waals surface area contributed by atoms with Gasteiger partial charge in [-0.1, -0.05) is 6.17 Å². The molecule has 10 heteroatoms. The van der Waals surface area contributed by atoms with Crippen molar-refractivity contribution in [3.05, 3.63) is 5.43 Å². The lowest BCUT2D eigenvalue weighted by Gasteiger charge is -2.47. The van der Waals surface area contributed by atoms with E-state index in [0.717, 1.165) is 13.0 Å². The molecule has 3 aliphatic rings. The van der Waals surface area contributed by atoms with Gasteiger partial charge in [0.2, 0.25) is 5.91 Å². The number of fused-ring (bicyclic) bond motifs is 1. The van der Waals surface area contributed by atoms with Crippen molar-refractivity contribution in [1.82, 2.24) is 20.5 Å². The van der Waals surface area contributed by atoms with Gasteiger partial charge >= 0.3 is 0 Å². The Morgan fingerprint density at radius 2 is 2.31 bits per heavy atom. The van der Waals surface area contributed by atoms with Crippen LogP contribution in [0.1, 0.15) is 12.8 Å². The molecule has 0 bridgehead atoms. The number of rotatable bonds is 6. The molecule has 1 amide bonds. The molecule has 0 radical (unpaired) electrons. The summed E-state index contributed by atoms with van der Waals surface area (Å²) in [5, 5.41) is 17.2. The van der Waals surface area contributed by atoms with Crippen molar-refractivity contribution in [3.8, 4) is 0 Å². The van der Waals surface area contributed by atoms with Gasteiger partial charge in [0.25, 0.3) is 0 Å². The van der Waals surface area contributed by atoms with Crippen LogP contribution >= 0.6 is 11.6 Å². The van der Waals surface area contributed by atoms with E-state index < -0.39 is 12.1 Å². The largest absolute Gasteiger partial charge is 0.578 e. The Labute approximate surface area is 159 Å². The Morgan fingerprint density at radius 3 is 3.08 bits per heavy atom. The number of aliphatic hydroxyl groups is 1. The van der Waals surface area contributed by atoms with Crippen molar-refractivity contribution in [2.45, 2.75) is 42.7 Å². The molecule has 0 aromatic carbocycles. The lowest BCUT2D eigenvalue weighted by Crippen LogP contribution is -2.61. The van der Waals surface area contributed by atoms with E-state index in [2.05, 4.69) is 21.0 Å². The first-order valence-corrected chi connectivity index (χ1v) is 9.75. The first kappa shape index (κ1) is 20.2. The normalized spacial score (nSPS) is 38.9. The maximum atomic E-state index is 13.0. The lowest BCUT2D eigenvalue weighted by atomic mass is 9.98. The summed E-state index contributed by atoms with van der Waals surface area (Å²) in [7, 11) is 1.95. The van der Waals surface area contributed by atoms with E-state index in [-0.39, 0.29) is 36.2 Å². The molecule has 3 saturated heterocycles. The van der Waals surface area contributed by atoms with Gasteiger partial charge in [-0.2, -0.15) is 0 Å². The summed E-state index contributed by atoms with van der Waals surface area (Å²) in [5.74, 6) is -0.540. The van der Waals surface area contributed by atoms with Crippen LogP contribution in [-0.2, 0) is 9.53 Å². The minimum Gasteiger partial charge on any atom is -0.578 e. The number of amides is 1. The molecule has 3 heterocycles. The van der Waals surface area contributed by atoms with Crippen LogP contribution in [0, 0.1) is 5.92 Å². The van der Waals surface area contributed by atoms with Gasteiger partial charge in [-0.05, 0) is 33.0 Å². The fraction of sp³-hybridized carbons (Fsp3) is 0.938. The number of alkyl halides is 1. The summed E-state index contributed by atoms with van der Waals surface area (Å²) in [5.41, 5.74) is 10.6. The van der Waals surface area contributed by atoms with Gasteiger partial charge in [-0.3, -0.25) is 9.69 Å². The third-order valence-electron chi connectivity index (χ3n) is 5.28. The number of hydrogen-bond donors (Lipinski definition) is 4. The maximum absolute atomic E-state index is 13.0. The van der Waals surface area contributed by atoms with Crippen LogP contribution in [0.25, 0.3) is 5.43 Å². The highest BCUT2D eigenvalue weighted by Crippen LogP contribution is 2.35. The summed E-state index contributed by atoms with van der Waals surface area (Å²) in [6.45, 7) is 3.40. The Morgan fingerprint density at radius 1 is 1.50 bits per heavy atom. The zero-order chi connectivity index (χ0) is 18.7. The fourth-order valence-corrected chi connectivity index (χ4v) is 4.42. The molecule has 3 rings (SSSR count). The first-order chi connectivity index (χ1) is 12.5. The summed E-state index contributed by atoms with van der Waals surface area (Å²) in [6, 6.07) is -0.120. The average Bonchev–Trinajstić information content (AvgIpc) is 2.92. The summed E-state index contributed by atoms with van der Waals surface area (Å²) in [4.78, 5) is 15.1. The van der Waals surface area contributed by atoms with E-state index in [0.29, 0.717) is 32.7 Å². The van der Waals surface area contributed by atoms with E-state index in [4.69, 9.17) is 27.2 Å². The molecule has 26 heavy (non-hydrogen) atoms. The predicted molar refractivity (Wildman–Crippen MR) is 98.4 cm³/mol. The second kappa shape index (κ2) is 9.11. The van der Waals surface area contributed by atoms with Crippen molar-refractivity contribution in [2.75, 3.05) is 46.4 Å². The number of nitrogens with one attached hydrogen (secondary N) is 2. The van der Waals surface area contributed by atoms with Crippen LogP contribution in [0.3, 0.4) is 0 Å². The van der Waals surface area contributed by atoms with Crippen molar-refractivity contribution >= 4 is 17.5 Å². The van der Waals surface area contributed by atoms with Gasteiger partial charge in [0.05, 0.1) is 29.6 Å². The van der Waals surface area contributed by atoms with E-state index >= 15 is 0 Å². The zero-order valence-electron chi connectivity index (χ0n) is 15.2. The smallest absolute Gasteiger partial charge is 0.226 e. The van der Waals surface area contributed by atoms with Crippen LogP contribution in [0.2, 0.25) is 0 Å². The molecule has 9 nitrogen and oxygen atoms in total. The molecule has 0 aliphatic carbocycles. The number of nitrogens with zero attached hydrogens (tertiary/aromatic N) is 3. The topological polar surface area (TPSA) is 117 Å². The van der Waals surface area contributed by atoms with E-state index in [9.17, 15) is 4.79 Å². The molecule has 3 fully saturated rings. The highest BCUT2D eigenvalue weighted by atomic mass is 35.5. The Hall–Kier alpha value is -0.520. The number of ether oxygens (including phenoxy) is 1. The quantitative estimate of drug-likeness (QED) is 0.326. The molecule has 5 N–H and O–H groups in total. The third-order valence-corrected chi connectivity index (χ3v) is 5.56. The average molecular weight is 390 g/mol. The molecule has 3 aliphatic heterocycles.